The van der Waals surface area contributed by atoms with E-state index in [1.807, 2.05) is 18.5 Å². The van der Waals surface area contributed by atoms with Gasteiger partial charge in [0.2, 0.25) is 0 Å². The molecule has 0 aliphatic heterocycles. The number of halogens is 1. The van der Waals surface area contributed by atoms with Gasteiger partial charge in [-0.05, 0) is 31.7 Å². The van der Waals surface area contributed by atoms with Crippen molar-refractivity contribution in [1.82, 2.24) is 15.3 Å². The standard InChI is InChI=1S/C18H26ClN5OS/c1-20-18-24-16(11-26-18)14-9-17(22-10-15(14)19)23-13-5-3-12(4-6-13)21-7-8-25-2/h9-13,21H,3-8H2,1-2H3,(H,20,24)(H,22,23). The summed E-state index contributed by atoms with van der Waals surface area (Å²) in [6.07, 6.45) is 6.30. The monoisotopic (exact) mass is 395 g/mol. The van der Waals surface area contributed by atoms with Crippen LogP contribution < -0.4 is 16.0 Å². The largest absolute Gasteiger partial charge is 0.383 e. The predicted octanol–water partition coefficient (Wildman–Crippen LogP) is 3.86. The van der Waals surface area contributed by atoms with Crippen LogP contribution in [0.1, 0.15) is 25.7 Å². The highest BCUT2D eigenvalue weighted by Gasteiger charge is 2.21. The number of hydrogen-bond donors (Lipinski definition) is 3. The maximum atomic E-state index is 6.34. The summed E-state index contributed by atoms with van der Waals surface area (Å²) in [5, 5.41) is 13.7. The first-order chi connectivity index (χ1) is 12.7. The van der Waals surface area contributed by atoms with Crippen LogP contribution in [0.3, 0.4) is 0 Å². The normalized spacial score (nSPS) is 20.1. The van der Waals surface area contributed by atoms with Crippen molar-refractivity contribution in [2.45, 2.75) is 37.8 Å². The van der Waals surface area contributed by atoms with Crippen LogP contribution in [0.4, 0.5) is 10.9 Å². The van der Waals surface area contributed by atoms with E-state index in [4.69, 9.17) is 16.3 Å². The quantitative estimate of drug-likeness (QED) is 0.589. The SMILES string of the molecule is CNc1nc(-c2cc(NC3CCC(NCCOC)CC3)ncc2Cl)cs1. The molecule has 2 heterocycles. The fourth-order valence-corrected chi connectivity index (χ4v) is 4.11. The Morgan fingerprint density at radius 3 is 2.73 bits per heavy atom. The van der Waals surface area contributed by atoms with E-state index in [9.17, 15) is 0 Å². The van der Waals surface area contributed by atoms with Crippen molar-refractivity contribution in [2.24, 2.45) is 0 Å². The highest BCUT2D eigenvalue weighted by Crippen LogP contribution is 2.32. The van der Waals surface area contributed by atoms with Crippen LogP contribution in [-0.4, -0.2) is 49.4 Å². The van der Waals surface area contributed by atoms with E-state index < -0.39 is 0 Å². The summed E-state index contributed by atoms with van der Waals surface area (Å²) in [6, 6.07) is 3.03. The molecule has 0 saturated heterocycles. The van der Waals surface area contributed by atoms with Crippen LogP contribution >= 0.6 is 22.9 Å². The second kappa shape index (κ2) is 9.50. The molecule has 3 N–H and O–H groups in total. The number of ether oxygens (including phenoxy) is 1. The Morgan fingerprint density at radius 1 is 1.27 bits per heavy atom. The Bertz CT molecular complexity index is 703. The Labute approximate surface area is 163 Å². The van der Waals surface area contributed by atoms with Gasteiger partial charge in [0.25, 0.3) is 0 Å². The minimum Gasteiger partial charge on any atom is -0.383 e. The number of nitrogens with one attached hydrogen (secondary N) is 3. The summed E-state index contributed by atoms with van der Waals surface area (Å²) < 4.78 is 5.10. The molecule has 6 nitrogen and oxygen atoms in total. The molecule has 0 aromatic carbocycles. The van der Waals surface area contributed by atoms with Crippen molar-refractivity contribution >= 4 is 33.9 Å². The van der Waals surface area contributed by atoms with E-state index in [0.717, 1.165) is 48.2 Å². The molecule has 8 heteroatoms. The Kier molecular flexibility index (Phi) is 7.07. The lowest BCUT2D eigenvalue weighted by Gasteiger charge is -2.30. The third kappa shape index (κ3) is 5.07. The molecule has 1 saturated carbocycles. The molecule has 0 spiro atoms. The van der Waals surface area contributed by atoms with Crippen LogP contribution in [0.5, 0.6) is 0 Å². The molecule has 0 radical (unpaired) electrons. The number of methoxy groups -OCH3 is 1. The Morgan fingerprint density at radius 2 is 2.04 bits per heavy atom. The summed E-state index contributed by atoms with van der Waals surface area (Å²) in [7, 11) is 3.60. The molecule has 0 amide bonds. The lowest BCUT2D eigenvalue weighted by molar-refractivity contribution is 0.191. The van der Waals surface area contributed by atoms with E-state index in [0.29, 0.717) is 17.1 Å². The summed E-state index contributed by atoms with van der Waals surface area (Å²) in [6.45, 7) is 1.69. The molecule has 2 aromatic rings. The van der Waals surface area contributed by atoms with Gasteiger partial charge in [-0.25, -0.2) is 9.97 Å². The molecule has 26 heavy (non-hydrogen) atoms. The van der Waals surface area contributed by atoms with Crippen LogP contribution in [0, 0.1) is 0 Å². The van der Waals surface area contributed by atoms with E-state index in [2.05, 4.69) is 25.9 Å². The summed E-state index contributed by atoms with van der Waals surface area (Å²) in [5.74, 6) is 0.860. The second-order valence-corrected chi connectivity index (χ2v) is 7.74. The van der Waals surface area contributed by atoms with E-state index in [1.54, 1.807) is 24.6 Å². The van der Waals surface area contributed by atoms with Gasteiger partial charge in [-0.2, -0.15) is 0 Å². The molecule has 2 aromatic heterocycles. The van der Waals surface area contributed by atoms with Crippen LogP contribution in [0.2, 0.25) is 5.02 Å². The van der Waals surface area contributed by atoms with Gasteiger partial charge in [0.1, 0.15) is 5.82 Å². The highest BCUT2D eigenvalue weighted by molar-refractivity contribution is 7.14. The van der Waals surface area contributed by atoms with Gasteiger partial charge in [-0.3, -0.25) is 0 Å². The lowest BCUT2D eigenvalue weighted by Crippen LogP contribution is -2.38. The topological polar surface area (TPSA) is 71.1 Å². The molecule has 142 valence electrons. The zero-order valence-electron chi connectivity index (χ0n) is 15.2. The number of aromatic nitrogens is 2. The van der Waals surface area contributed by atoms with Crippen molar-refractivity contribution < 1.29 is 4.74 Å². The maximum absolute atomic E-state index is 6.34. The van der Waals surface area contributed by atoms with E-state index in [1.165, 1.54) is 12.8 Å². The second-order valence-electron chi connectivity index (χ2n) is 6.48. The molecule has 1 aliphatic rings. The fraction of sp³-hybridized carbons (Fsp3) is 0.556. The van der Waals surface area contributed by atoms with E-state index >= 15 is 0 Å². The molecule has 1 aliphatic carbocycles. The average Bonchev–Trinajstić information content (AvgIpc) is 3.14. The molecule has 0 atom stereocenters. The predicted molar refractivity (Wildman–Crippen MR) is 109 cm³/mol. The van der Waals surface area contributed by atoms with Crippen molar-refractivity contribution in [2.75, 3.05) is 37.9 Å². The third-order valence-electron chi connectivity index (χ3n) is 4.67. The first-order valence-electron chi connectivity index (χ1n) is 8.97. The molecule has 3 rings (SSSR count). The zero-order chi connectivity index (χ0) is 18.4. The van der Waals surface area contributed by atoms with Crippen LogP contribution in [-0.2, 0) is 4.74 Å². The van der Waals surface area contributed by atoms with Crippen LogP contribution in [0.25, 0.3) is 11.3 Å². The summed E-state index contributed by atoms with van der Waals surface area (Å²) in [4.78, 5) is 8.99. The van der Waals surface area contributed by atoms with Gasteiger partial charge >= 0.3 is 0 Å². The molecule has 0 bridgehead atoms. The number of anilines is 2. The minimum atomic E-state index is 0.445. The van der Waals surface area contributed by atoms with Gasteiger partial charge in [0.15, 0.2) is 5.13 Å². The number of thiazole rings is 1. The Hall–Kier alpha value is -1.41. The average molecular weight is 396 g/mol. The molecule has 0 unspecified atom stereocenters. The Balaban J connectivity index is 1.58. The maximum Gasteiger partial charge on any atom is 0.182 e. The van der Waals surface area contributed by atoms with Gasteiger partial charge in [-0.1, -0.05) is 11.6 Å². The van der Waals surface area contributed by atoms with Crippen molar-refractivity contribution in [3.63, 3.8) is 0 Å². The smallest absolute Gasteiger partial charge is 0.182 e. The minimum absolute atomic E-state index is 0.445. The zero-order valence-corrected chi connectivity index (χ0v) is 16.8. The summed E-state index contributed by atoms with van der Waals surface area (Å²) >= 11 is 7.91. The van der Waals surface area contributed by atoms with Gasteiger partial charge in [-0.15, -0.1) is 11.3 Å². The van der Waals surface area contributed by atoms with Gasteiger partial charge < -0.3 is 20.7 Å². The first-order valence-corrected chi connectivity index (χ1v) is 10.2. The lowest BCUT2D eigenvalue weighted by atomic mass is 9.91. The van der Waals surface area contributed by atoms with Crippen molar-refractivity contribution in [1.29, 1.82) is 0 Å². The van der Waals surface area contributed by atoms with E-state index in [-0.39, 0.29) is 0 Å². The van der Waals surface area contributed by atoms with Crippen molar-refractivity contribution in [3.8, 4) is 11.3 Å². The van der Waals surface area contributed by atoms with Crippen LogP contribution in [0.15, 0.2) is 17.6 Å². The third-order valence-corrected chi connectivity index (χ3v) is 5.83. The first kappa shape index (κ1) is 19.4. The molecular weight excluding hydrogens is 370 g/mol. The van der Waals surface area contributed by atoms with Crippen molar-refractivity contribution in [3.05, 3.63) is 22.7 Å². The van der Waals surface area contributed by atoms with Gasteiger partial charge in [0.05, 0.1) is 17.3 Å². The summed E-state index contributed by atoms with van der Waals surface area (Å²) in [5.41, 5.74) is 1.79. The number of hydrogen-bond acceptors (Lipinski definition) is 7. The van der Waals surface area contributed by atoms with Gasteiger partial charge in [0, 0.05) is 49.9 Å². The number of rotatable bonds is 8. The number of pyridine rings is 1. The highest BCUT2D eigenvalue weighted by atomic mass is 35.5. The molecule has 1 fully saturated rings. The molecular formula is C18H26ClN5OS. The fourth-order valence-electron chi connectivity index (χ4n) is 3.24. The number of nitrogens with zero attached hydrogens (tertiary/aromatic N) is 2.